The number of benzene rings is 1. The number of nitrogens with zero attached hydrogens (tertiary/aromatic N) is 2. The molecule has 1 aromatic carbocycles. The molecule has 6 heteroatoms. The molecule has 1 fully saturated rings. The molecule has 2 heterocycles. The molecular formula is C18H18BrN3O2. The maximum Gasteiger partial charge on any atom is 0.225 e. The van der Waals surface area contributed by atoms with Crippen molar-refractivity contribution in [3.63, 3.8) is 0 Å². The highest BCUT2D eigenvalue weighted by Crippen LogP contribution is 2.21. The van der Waals surface area contributed by atoms with Crippen molar-refractivity contribution < 1.29 is 9.59 Å². The first kappa shape index (κ1) is 16.6. The van der Waals surface area contributed by atoms with Gasteiger partial charge in [0.1, 0.15) is 0 Å². The Morgan fingerprint density at radius 1 is 1.29 bits per heavy atom. The Balaban J connectivity index is 1.55. The number of halogens is 1. The van der Waals surface area contributed by atoms with Crippen LogP contribution in [-0.2, 0) is 22.7 Å². The van der Waals surface area contributed by atoms with E-state index in [9.17, 15) is 9.59 Å². The molecule has 1 aliphatic heterocycles. The van der Waals surface area contributed by atoms with Crippen LogP contribution in [0.15, 0.2) is 53.1 Å². The zero-order valence-electron chi connectivity index (χ0n) is 13.1. The van der Waals surface area contributed by atoms with E-state index >= 15 is 0 Å². The summed E-state index contributed by atoms with van der Waals surface area (Å²) in [7, 11) is 0. The Hall–Kier alpha value is -2.21. The van der Waals surface area contributed by atoms with E-state index in [1.165, 1.54) is 0 Å². The number of aromatic nitrogens is 1. The van der Waals surface area contributed by atoms with E-state index in [-0.39, 0.29) is 24.2 Å². The van der Waals surface area contributed by atoms with Gasteiger partial charge < -0.3 is 10.2 Å². The molecule has 1 saturated heterocycles. The smallest absolute Gasteiger partial charge is 0.225 e. The molecule has 1 unspecified atom stereocenters. The lowest BCUT2D eigenvalue weighted by molar-refractivity contribution is -0.129. The van der Waals surface area contributed by atoms with E-state index < -0.39 is 0 Å². The van der Waals surface area contributed by atoms with E-state index in [4.69, 9.17) is 0 Å². The first-order valence-corrected chi connectivity index (χ1v) is 8.61. The Morgan fingerprint density at radius 2 is 2.17 bits per heavy atom. The zero-order chi connectivity index (χ0) is 16.9. The zero-order valence-corrected chi connectivity index (χ0v) is 14.7. The quantitative estimate of drug-likeness (QED) is 0.856. The van der Waals surface area contributed by atoms with Crippen LogP contribution in [0.4, 0.5) is 0 Å². The largest absolute Gasteiger partial charge is 0.350 e. The molecule has 0 saturated carbocycles. The number of carbonyl (C=O) groups is 2. The lowest BCUT2D eigenvalue weighted by Crippen LogP contribution is -2.32. The maximum absolute atomic E-state index is 12.3. The summed E-state index contributed by atoms with van der Waals surface area (Å²) in [5.41, 5.74) is 1.86. The molecule has 1 N–H and O–H groups in total. The van der Waals surface area contributed by atoms with Gasteiger partial charge in [0.2, 0.25) is 11.8 Å². The van der Waals surface area contributed by atoms with Crippen LogP contribution in [0, 0.1) is 5.92 Å². The van der Waals surface area contributed by atoms with Gasteiger partial charge in [-0.1, -0.05) is 34.1 Å². The molecule has 0 radical (unpaired) electrons. The molecule has 0 bridgehead atoms. The third-order valence-corrected chi connectivity index (χ3v) is 4.51. The van der Waals surface area contributed by atoms with Crippen LogP contribution in [-0.4, -0.2) is 28.2 Å². The summed E-state index contributed by atoms with van der Waals surface area (Å²) in [4.78, 5) is 30.4. The number of hydrogen-bond donors (Lipinski definition) is 1. The van der Waals surface area contributed by atoms with Crippen molar-refractivity contribution in [1.82, 2.24) is 15.2 Å². The lowest BCUT2D eigenvalue weighted by atomic mass is 10.1. The average Bonchev–Trinajstić information content (AvgIpc) is 2.94. The molecule has 124 valence electrons. The summed E-state index contributed by atoms with van der Waals surface area (Å²) in [5.74, 6) is -0.368. The third kappa shape index (κ3) is 4.20. The minimum atomic E-state index is -0.298. The molecular weight excluding hydrogens is 370 g/mol. The molecule has 0 aliphatic carbocycles. The SMILES string of the molecule is O=C(NCc1ccccn1)C1CC(=O)N(Cc2cccc(Br)c2)C1. The minimum Gasteiger partial charge on any atom is -0.350 e. The highest BCUT2D eigenvalue weighted by atomic mass is 79.9. The van der Waals surface area contributed by atoms with Gasteiger partial charge >= 0.3 is 0 Å². The second-order valence-electron chi connectivity index (χ2n) is 5.84. The number of pyridine rings is 1. The van der Waals surface area contributed by atoms with Crippen molar-refractivity contribution in [1.29, 1.82) is 0 Å². The van der Waals surface area contributed by atoms with Crippen molar-refractivity contribution >= 4 is 27.7 Å². The van der Waals surface area contributed by atoms with Crippen molar-refractivity contribution in [3.05, 3.63) is 64.4 Å². The van der Waals surface area contributed by atoms with Crippen LogP contribution in [0.5, 0.6) is 0 Å². The summed E-state index contributed by atoms with van der Waals surface area (Å²) in [5, 5.41) is 2.87. The standard InChI is InChI=1S/C18H18BrN3O2/c19-15-5-3-4-13(8-15)11-22-12-14(9-17(22)23)18(24)21-10-16-6-1-2-7-20-16/h1-8,14H,9-12H2,(H,21,24). The number of likely N-dealkylation sites (tertiary alicyclic amines) is 1. The van der Waals surface area contributed by atoms with Crippen molar-refractivity contribution in [2.24, 2.45) is 5.92 Å². The number of rotatable bonds is 5. The summed E-state index contributed by atoms with van der Waals surface area (Å²) >= 11 is 3.43. The van der Waals surface area contributed by atoms with Gasteiger partial charge in [0.15, 0.2) is 0 Å². The molecule has 1 aromatic heterocycles. The van der Waals surface area contributed by atoms with E-state index in [1.807, 2.05) is 42.5 Å². The van der Waals surface area contributed by atoms with Crippen LogP contribution in [0.1, 0.15) is 17.7 Å². The van der Waals surface area contributed by atoms with Gasteiger partial charge in [-0.2, -0.15) is 0 Å². The van der Waals surface area contributed by atoms with Crippen LogP contribution in [0.3, 0.4) is 0 Å². The number of hydrogen-bond acceptors (Lipinski definition) is 3. The van der Waals surface area contributed by atoms with Gasteiger partial charge in [0, 0.05) is 30.2 Å². The normalized spacial score (nSPS) is 17.1. The topological polar surface area (TPSA) is 62.3 Å². The molecule has 3 rings (SSSR count). The second-order valence-corrected chi connectivity index (χ2v) is 6.76. The maximum atomic E-state index is 12.3. The average molecular weight is 388 g/mol. The summed E-state index contributed by atoms with van der Waals surface area (Å²) in [6.07, 6.45) is 1.96. The van der Waals surface area contributed by atoms with Gasteiger partial charge in [-0.25, -0.2) is 0 Å². The van der Waals surface area contributed by atoms with E-state index in [2.05, 4.69) is 26.2 Å². The molecule has 0 spiro atoms. The van der Waals surface area contributed by atoms with Crippen LogP contribution in [0.25, 0.3) is 0 Å². The fourth-order valence-corrected chi connectivity index (χ4v) is 3.23. The Kier molecular flexibility index (Phi) is 5.25. The molecule has 1 aliphatic rings. The molecule has 1 atom stereocenters. The fourth-order valence-electron chi connectivity index (χ4n) is 2.78. The summed E-state index contributed by atoms with van der Waals surface area (Å²) in [6.45, 7) is 1.37. The second kappa shape index (κ2) is 7.57. The highest BCUT2D eigenvalue weighted by molar-refractivity contribution is 9.10. The Bertz CT molecular complexity index is 736. The predicted octanol–water partition coefficient (Wildman–Crippen LogP) is 2.51. The van der Waals surface area contributed by atoms with E-state index in [1.54, 1.807) is 11.1 Å². The van der Waals surface area contributed by atoms with Crippen molar-refractivity contribution in [3.8, 4) is 0 Å². The summed E-state index contributed by atoms with van der Waals surface area (Å²) in [6, 6.07) is 13.4. The fraction of sp³-hybridized carbons (Fsp3) is 0.278. The third-order valence-electron chi connectivity index (χ3n) is 4.02. The van der Waals surface area contributed by atoms with Crippen LogP contribution < -0.4 is 5.32 Å². The first-order valence-electron chi connectivity index (χ1n) is 7.81. The first-order chi connectivity index (χ1) is 11.6. The van der Waals surface area contributed by atoms with Gasteiger partial charge in [0.25, 0.3) is 0 Å². The van der Waals surface area contributed by atoms with Gasteiger partial charge in [-0.15, -0.1) is 0 Å². The minimum absolute atomic E-state index is 0.0213. The Morgan fingerprint density at radius 3 is 2.92 bits per heavy atom. The van der Waals surface area contributed by atoms with E-state index in [0.717, 1.165) is 15.7 Å². The van der Waals surface area contributed by atoms with Crippen molar-refractivity contribution in [2.45, 2.75) is 19.5 Å². The Labute approximate surface area is 149 Å². The summed E-state index contributed by atoms with van der Waals surface area (Å²) < 4.78 is 0.983. The van der Waals surface area contributed by atoms with Crippen molar-refractivity contribution in [2.75, 3.05) is 6.54 Å². The number of amides is 2. The highest BCUT2D eigenvalue weighted by Gasteiger charge is 2.34. The van der Waals surface area contributed by atoms with Gasteiger partial charge in [0.05, 0.1) is 18.2 Å². The lowest BCUT2D eigenvalue weighted by Gasteiger charge is -2.17. The van der Waals surface area contributed by atoms with Crippen LogP contribution >= 0.6 is 15.9 Å². The predicted molar refractivity (Wildman–Crippen MR) is 93.7 cm³/mol. The number of carbonyl (C=O) groups excluding carboxylic acids is 2. The van der Waals surface area contributed by atoms with Crippen LogP contribution in [0.2, 0.25) is 0 Å². The monoisotopic (exact) mass is 387 g/mol. The van der Waals surface area contributed by atoms with Gasteiger partial charge in [-0.05, 0) is 29.8 Å². The molecule has 2 amide bonds. The number of nitrogens with one attached hydrogen (secondary N) is 1. The molecule has 5 nitrogen and oxygen atoms in total. The molecule has 2 aromatic rings. The van der Waals surface area contributed by atoms with E-state index in [0.29, 0.717) is 19.6 Å². The van der Waals surface area contributed by atoms with Gasteiger partial charge in [-0.3, -0.25) is 14.6 Å². The molecule has 24 heavy (non-hydrogen) atoms.